The Labute approximate surface area is 182 Å². The average Bonchev–Trinajstić information content (AvgIpc) is 2.72. The van der Waals surface area contributed by atoms with Gasteiger partial charge in [0.25, 0.3) is 0 Å². The van der Waals surface area contributed by atoms with Gasteiger partial charge in [0.05, 0.1) is 6.04 Å². The predicted octanol–water partition coefficient (Wildman–Crippen LogP) is 6.03. The Morgan fingerprint density at radius 3 is 2.20 bits per heavy atom. The van der Waals surface area contributed by atoms with E-state index in [1.807, 2.05) is 0 Å². The fraction of sp³-hybridized carbons (Fsp3) is 0.519. The van der Waals surface area contributed by atoms with E-state index in [-0.39, 0.29) is 17.4 Å². The van der Waals surface area contributed by atoms with E-state index in [0.29, 0.717) is 6.42 Å². The molecule has 1 aliphatic heterocycles. The zero-order chi connectivity index (χ0) is 21.7. The van der Waals surface area contributed by atoms with Gasteiger partial charge in [-0.15, -0.1) is 0 Å². The Balaban J connectivity index is 1.48. The van der Waals surface area contributed by atoms with E-state index in [9.17, 15) is 4.79 Å². The molecule has 2 aromatic rings. The summed E-state index contributed by atoms with van der Waals surface area (Å²) in [4.78, 5) is 14.9. The lowest BCUT2D eigenvalue weighted by atomic mass is 9.86. The number of carbonyl (C=O) groups excluding carboxylic acids is 1. The van der Waals surface area contributed by atoms with Crippen LogP contribution in [0.3, 0.4) is 0 Å². The van der Waals surface area contributed by atoms with Gasteiger partial charge in [0.2, 0.25) is 5.91 Å². The number of nitrogens with one attached hydrogen (secondary N) is 1. The second kappa shape index (κ2) is 9.68. The van der Waals surface area contributed by atoms with Crippen molar-refractivity contribution in [2.75, 3.05) is 18.0 Å². The van der Waals surface area contributed by atoms with Gasteiger partial charge in [-0.05, 0) is 66.3 Å². The van der Waals surface area contributed by atoms with Crippen LogP contribution >= 0.6 is 0 Å². The fourth-order valence-electron chi connectivity index (χ4n) is 4.07. The topological polar surface area (TPSA) is 32.3 Å². The number of hydrogen-bond acceptors (Lipinski definition) is 2. The van der Waals surface area contributed by atoms with Crippen LogP contribution in [0.1, 0.15) is 76.6 Å². The minimum atomic E-state index is 0.0243. The van der Waals surface area contributed by atoms with Gasteiger partial charge in [-0.2, -0.15) is 0 Å². The van der Waals surface area contributed by atoms with E-state index < -0.39 is 0 Å². The highest BCUT2D eigenvalue weighted by molar-refractivity contribution is 5.76. The summed E-state index contributed by atoms with van der Waals surface area (Å²) in [5, 5.41) is 3.15. The van der Waals surface area contributed by atoms with Crippen LogP contribution in [-0.2, 0) is 16.6 Å². The van der Waals surface area contributed by atoms with Gasteiger partial charge < -0.3 is 10.2 Å². The Morgan fingerprint density at radius 1 is 1.03 bits per heavy atom. The summed E-state index contributed by atoms with van der Waals surface area (Å²) in [5.74, 6) is 0.948. The van der Waals surface area contributed by atoms with Crippen molar-refractivity contribution in [2.24, 2.45) is 5.92 Å². The van der Waals surface area contributed by atoms with Crippen LogP contribution in [-0.4, -0.2) is 19.0 Å². The number of hydrogen-bond donors (Lipinski definition) is 1. The van der Waals surface area contributed by atoms with Gasteiger partial charge in [0.1, 0.15) is 0 Å². The first-order valence-corrected chi connectivity index (χ1v) is 11.5. The number of aryl methyl sites for hydroxylation is 1. The van der Waals surface area contributed by atoms with Crippen molar-refractivity contribution in [3.05, 3.63) is 65.2 Å². The lowest BCUT2D eigenvalue weighted by Gasteiger charge is -2.32. The van der Waals surface area contributed by atoms with Gasteiger partial charge in [-0.1, -0.05) is 64.1 Å². The summed E-state index contributed by atoms with van der Waals surface area (Å²) in [6.45, 7) is 13.3. The zero-order valence-corrected chi connectivity index (χ0v) is 19.4. The van der Waals surface area contributed by atoms with E-state index in [1.165, 1.54) is 29.7 Å². The first-order chi connectivity index (χ1) is 14.2. The van der Waals surface area contributed by atoms with Crippen molar-refractivity contribution >= 4 is 11.6 Å². The molecular weight excluding hydrogens is 368 g/mol. The Hall–Kier alpha value is -2.29. The number of carbonyl (C=O) groups is 1. The molecule has 2 aromatic carbocycles. The summed E-state index contributed by atoms with van der Waals surface area (Å²) >= 11 is 0. The average molecular weight is 407 g/mol. The maximum absolute atomic E-state index is 12.5. The van der Waals surface area contributed by atoms with E-state index in [4.69, 9.17) is 0 Å². The molecule has 0 aliphatic carbocycles. The Bertz CT molecular complexity index is 809. The third-order valence-corrected chi connectivity index (χ3v) is 6.38. The molecule has 3 rings (SSSR count). The monoisotopic (exact) mass is 406 g/mol. The molecule has 1 heterocycles. The van der Waals surface area contributed by atoms with E-state index in [0.717, 1.165) is 31.0 Å². The molecule has 1 atom stereocenters. The molecule has 1 aliphatic rings. The Morgan fingerprint density at radius 2 is 1.63 bits per heavy atom. The number of nitrogens with zero attached hydrogens (tertiary/aromatic N) is 1. The highest BCUT2D eigenvalue weighted by Crippen LogP contribution is 2.25. The molecule has 3 nitrogen and oxygen atoms in total. The van der Waals surface area contributed by atoms with Gasteiger partial charge in [0.15, 0.2) is 0 Å². The lowest BCUT2D eigenvalue weighted by molar-refractivity contribution is -0.121. The maximum atomic E-state index is 12.5. The molecule has 3 heteroatoms. The van der Waals surface area contributed by atoms with Crippen LogP contribution < -0.4 is 10.2 Å². The van der Waals surface area contributed by atoms with Gasteiger partial charge in [-0.25, -0.2) is 0 Å². The molecule has 0 bridgehead atoms. The summed E-state index contributed by atoms with van der Waals surface area (Å²) in [6.07, 6.45) is 3.83. The zero-order valence-electron chi connectivity index (χ0n) is 19.4. The van der Waals surface area contributed by atoms with Gasteiger partial charge in [0, 0.05) is 25.2 Å². The molecule has 1 amide bonds. The second-order valence-electron chi connectivity index (χ2n) is 10.00. The van der Waals surface area contributed by atoms with Crippen molar-refractivity contribution in [2.45, 2.75) is 71.8 Å². The molecule has 1 saturated heterocycles. The number of benzene rings is 2. The summed E-state index contributed by atoms with van der Waals surface area (Å²) in [7, 11) is 0. The molecule has 0 spiro atoms. The first-order valence-electron chi connectivity index (χ1n) is 11.5. The molecule has 1 fully saturated rings. The smallest absolute Gasteiger partial charge is 0.220 e. The fourth-order valence-corrected chi connectivity index (χ4v) is 4.07. The van der Waals surface area contributed by atoms with Crippen molar-refractivity contribution < 1.29 is 4.79 Å². The third kappa shape index (κ3) is 6.10. The van der Waals surface area contributed by atoms with Crippen LogP contribution in [0.4, 0.5) is 5.69 Å². The van der Waals surface area contributed by atoms with E-state index >= 15 is 0 Å². The molecule has 1 N–H and O–H groups in total. The van der Waals surface area contributed by atoms with E-state index in [2.05, 4.69) is 93.4 Å². The summed E-state index contributed by atoms with van der Waals surface area (Å²) < 4.78 is 0. The highest BCUT2D eigenvalue weighted by Gasteiger charge is 2.17. The molecule has 162 valence electrons. The number of anilines is 1. The maximum Gasteiger partial charge on any atom is 0.220 e. The Kier molecular flexibility index (Phi) is 7.23. The summed E-state index contributed by atoms with van der Waals surface area (Å²) in [6, 6.07) is 17.4. The number of rotatable bonds is 6. The van der Waals surface area contributed by atoms with Crippen LogP contribution in [0, 0.1) is 5.92 Å². The summed E-state index contributed by atoms with van der Waals surface area (Å²) in [5.41, 5.74) is 5.15. The predicted molar refractivity (Wildman–Crippen MR) is 127 cm³/mol. The molecule has 30 heavy (non-hydrogen) atoms. The molecule has 0 saturated carbocycles. The largest absolute Gasteiger partial charge is 0.372 e. The quantitative estimate of drug-likeness (QED) is 0.635. The molecular formula is C27H38N2O. The highest BCUT2D eigenvalue weighted by atomic mass is 16.1. The molecule has 0 radical (unpaired) electrons. The second-order valence-corrected chi connectivity index (χ2v) is 10.00. The van der Waals surface area contributed by atoms with Crippen molar-refractivity contribution in [3.8, 4) is 0 Å². The third-order valence-electron chi connectivity index (χ3n) is 6.38. The van der Waals surface area contributed by atoms with Gasteiger partial charge >= 0.3 is 0 Å². The van der Waals surface area contributed by atoms with Gasteiger partial charge in [-0.3, -0.25) is 4.79 Å². The SMILES string of the molecule is CC1CCN(c2ccc(C(C)NC(=O)CCc3ccc(C(C)(C)C)cc3)cc2)CC1. The molecule has 1 unspecified atom stereocenters. The normalized spacial score (nSPS) is 16.4. The van der Waals surface area contributed by atoms with Crippen LogP contribution in [0.5, 0.6) is 0 Å². The lowest BCUT2D eigenvalue weighted by Crippen LogP contribution is -2.32. The van der Waals surface area contributed by atoms with Crippen molar-refractivity contribution in [1.29, 1.82) is 0 Å². The van der Waals surface area contributed by atoms with E-state index in [1.54, 1.807) is 0 Å². The van der Waals surface area contributed by atoms with Crippen LogP contribution in [0.25, 0.3) is 0 Å². The van der Waals surface area contributed by atoms with Crippen molar-refractivity contribution in [1.82, 2.24) is 5.32 Å². The number of amides is 1. The van der Waals surface area contributed by atoms with Crippen LogP contribution in [0.15, 0.2) is 48.5 Å². The minimum absolute atomic E-state index is 0.0243. The van der Waals surface area contributed by atoms with Crippen LogP contribution in [0.2, 0.25) is 0 Å². The number of piperidine rings is 1. The van der Waals surface area contributed by atoms with Crippen molar-refractivity contribution in [3.63, 3.8) is 0 Å². The first kappa shape index (κ1) is 22.4. The minimum Gasteiger partial charge on any atom is -0.372 e. The standard InChI is InChI=1S/C27H38N2O/c1-20-16-18-29(19-17-20)25-13-9-23(10-14-25)21(2)28-26(30)15-8-22-6-11-24(12-7-22)27(3,4)5/h6-7,9-14,20-21H,8,15-19H2,1-5H3,(H,28,30). The molecule has 0 aromatic heterocycles.